The smallest absolute Gasteiger partial charge is 0.340 e. The van der Waals surface area contributed by atoms with E-state index >= 15 is 4.39 Å². The first kappa shape index (κ1) is 18.8. The number of alkyl halides is 1. The van der Waals surface area contributed by atoms with Gasteiger partial charge in [0, 0.05) is 23.7 Å². The summed E-state index contributed by atoms with van der Waals surface area (Å²) in [5.74, 6) is -0.842. The van der Waals surface area contributed by atoms with Crippen LogP contribution in [-0.4, -0.2) is 26.8 Å². The molecule has 1 saturated heterocycles. The first-order valence-corrected chi connectivity index (χ1v) is 9.66. The number of ether oxygens (including phenoxy) is 1. The van der Waals surface area contributed by atoms with Gasteiger partial charge in [-0.05, 0) is 37.3 Å². The number of hydrogen-bond donors (Lipinski definition) is 0. The minimum absolute atomic E-state index is 0.206. The predicted octanol–water partition coefficient (Wildman–Crippen LogP) is 2.76. The Morgan fingerprint density at radius 3 is 2.50 bits per heavy atom. The van der Waals surface area contributed by atoms with Crippen LogP contribution in [0.4, 0.5) is 4.39 Å². The van der Waals surface area contributed by atoms with Gasteiger partial charge in [-0.3, -0.25) is 14.2 Å². The van der Waals surface area contributed by atoms with Gasteiger partial charge in [0.05, 0.1) is 5.60 Å². The van der Waals surface area contributed by atoms with Gasteiger partial charge < -0.3 is 4.74 Å². The van der Waals surface area contributed by atoms with Gasteiger partial charge >= 0.3 is 5.69 Å². The summed E-state index contributed by atoms with van der Waals surface area (Å²) in [5, 5.41) is 0. The minimum atomic E-state index is -1.41. The predicted molar refractivity (Wildman–Crippen MR) is 101 cm³/mol. The van der Waals surface area contributed by atoms with E-state index in [0.717, 1.165) is 23.5 Å². The summed E-state index contributed by atoms with van der Waals surface area (Å²) in [6, 6.07) is 9.16. The molecule has 2 aromatic rings. The van der Waals surface area contributed by atoms with Crippen molar-refractivity contribution in [1.82, 2.24) is 9.13 Å². The molecule has 148 valence electrons. The second-order valence-corrected chi connectivity index (χ2v) is 7.67. The van der Waals surface area contributed by atoms with Crippen molar-refractivity contribution >= 4 is 5.91 Å². The van der Waals surface area contributed by atoms with Crippen LogP contribution in [0.5, 0.6) is 0 Å². The number of aromatic nitrogens is 2. The van der Waals surface area contributed by atoms with Crippen molar-refractivity contribution in [3.05, 3.63) is 69.0 Å². The van der Waals surface area contributed by atoms with Crippen LogP contribution in [0.25, 0.3) is 0 Å². The van der Waals surface area contributed by atoms with Crippen molar-refractivity contribution < 1.29 is 13.9 Å². The fraction of sp³-hybridized carbons (Fsp3) is 0.476. The van der Waals surface area contributed by atoms with Crippen LogP contribution in [0.3, 0.4) is 0 Å². The summed E-state index contributed by atoms with van der Waals surface area (Å²) in [7, 11) is 0. The average Bonchev–Trinajstić information content (AvgIpc) is 3.52. The summed E-state index contributed by atoms with van der Waals surface area (Å²) in [4.78, 5) is 38.0. The highest BCUT2D eigenvalue weighted by Crippen LogP contribution is 2.56. The number of halogens is 1. The number of hydrogen-bond acceptors (Lipinski definition) is 4. The van der Waals surface area contributed by atoms with Crippen LogP contribution >= 0.6 is 0 Å². The lowest BCUT2D eigenvalue weighted by Gasteiger charge is -2.32. The van der Waals surface area contributed by atoms with Gasteiger partial charge in [0.15, 0.2) is 12.4 Å². The zero-order valence-electron chi connectivity index (χ0n) is 15.9. The molecule has 6 nitrogen and oxygen atoms in total. The normalized spacial score (nSPS) is 29.8. The first-order chi connectivity index (χ1) is 13.4. The SMILES string of the molecule is CC[C@@]1(C2CC2)O[C@@H](n2ccc(=O)n(C(=O)c3ccccc3)c2=O)[C@@H](F)[C@@H]1C. The molecule has 1 aliphatic carbocycles. The maximum atomic E-state index is 15.2. The first-order valence-electron chi connectivity index (χ1n) is 9.66. The summed E-state index contributed by atoms with van der Waals surface area (Å²) in [6.07, 6.45) is 1.28. The maximum absolute atomic E-state index is 15.2. The number of benzene rings is 1. The van der Waals surface area contributed by atoms with E-state index in [2.05, 4.69) is 0 Å². The molecule has 1 aromatic heterocycles. The standard InChI is InChI=1S/C21H23FN2O4/c1-3-21(15-9-10-15)13(2)17(22)19(28-21)23-12-11-16(25)24(20(23)27)18(26)14-7-5-4-6-8-14/h4-8,11-13,15,17,19H,3,9-10H2,1-2H3/t13-,17-,19+,21+/m0/s1. The Kier molecular flexibility index (Phi) is 4.57. The Labute approximate surface area is 161 Å². The number of nitrogens with zero attached hydrogens (tertiary/aromatic N) is 2. The molecule has 0 spiro atoms. The molecule has 0 radical (unpaired) electrons. The van der Waals surface area contributed by atoms with Gasteiger partial charge in [0.1, 0.15) is 0 Å². The molecule has 2 heterocycles. The van der Waals surface area contributed by atoms with Crippen molar-refractivity contribution in [2.75, 3.05) is 0 Å². The molecule has 0 bridgehead atoms. The van der Waals surface area contributed by atoms with E-state index < -0.39 is 35.2 Å². The van der Waals surface area contributed by atoms with E-state index in [1.165, 1.54) is 18.3 Å². The van der Waals surface area contributed by atoms with Crippen molar-refractivity contribution in [2.45, 2.75) is 51.1 Å². The molecule has 4 rings (SSSR count). The topological polar surface area (TPSA) is 70.3 Å². The van der Waals surface area contributed by atoms with Crippen LogP contribution < -0.4 is 11.2 Å². The Balaban J connectivity index is 1.77. The molecule has 2 aliphatic rings. The minimum Gasteiger partial charge on any atom is -0.348 e. The van der Waals surface area contributed by atoms with Crippen molar-refractivity contribution in [2.24, 2.45) is 11.8 Å². The van der Waals surface area contributed by atoms with Crippen LogP contribution in [-0.2, 0) is 4.74 Å². The second-order valence-electron chi connectivity index (χ2n) is 7.67. The molecule has 2 fully saturated rings. The molecule has 7 heteroatoms. The van der Waals surface area contributed by atoms with Crippen LogP contribution in [0.15, 0.2) is 52.2 Å². The van der Waals surface area contributed by atoms with Crippen LogP contribution in [0.2, 0.25) is 0 Å². The highest BCUT2D eigenvalue weighted by molar-refractivity contribution is 5.95. The van der Waals surface area contributed by atoms with Gasteiger partial charge in [-0.2, -0.15) is 4.57 Å². The highest BCUT2D eigenvalue weighted by Gasteiger charge is 2.59. The summed E-state index contributed by atoms with van der Waals surface area (Å²) < 4.78 is 23.0. The third kappa shape index (κ3) is 2.76. The van der Waals surface area contributed by atoms with Crippen molar-refractivity contribution in [3.63, 3.8) is 0 Å². The average molecular weight is 386 g/mol. The molecule has 0 amide bonds. The second kappa shape index (κ2) is 6.81. The molecule has 28 heavy (non-hydrogen) atoms. The maximum Gasteiger partial charge on any atom is 0.340 e. The highest BCUT2D eigenvalue weighted by atomic mass is 19.1. The van der Waals surface area contributed by atoms with Crippen molar-refractivity contribution in [3.8, 4) is 0 Å². The molecular weight excluding hydrogens is 363 g/mol. The van der Waals surface area contributed by atoms with E-state index in [4.69, 9.17) is 4.74 Å². The van der Waals surface area contributed by atoms with Gasteiger partial charge in [-0.15, -0.1) is 0 Å². The van der Waals surface area contributed by atoms with Gasteiger partial charge in [0.25, 0.3) is 11.5 Å². The quantitative estimate of drug-likeness (QED) is 0.810. The van der Waals surface area contributed by atoms with E-state index in [1.54, 1.807) is 18.2 Å². The zero-order valence-corrected chi connectivity index (χ0v) is 15.9. The summed E-state index contributed by atoms with van der Waals surface area (Å²) >= 11 is 0. The Morgan fingerprint density at radius 1 is 1.21 bits per heavy atom. The molecule has 1 aromatic carbocycles. The van der Waals surface area contributed by atoms with Gasteiger partial charge in [-0.25, -0.2) is 9.18 Å². The third-order valence-electron chi connectivity index (χ3n) is 6.19. The van der Waals surface area contributed by atoms with E-state index in [1.807, 2.05) is 13.8 Å². The van der Waals surface area contributed by atoms with Gasteiger partial charge in [0.2, 0.25) is 0 Å². The Hall–Kier alpha value is -2.54. The summed E-state index contributed by atoms with van der Waals surface area (Å²) in [6.45, 7) is 3.77. The monoisotopic (exact) mass is 386 g/mol. The Bertz CT molecular complexity index is 1010. The number of carbonyl (C=O) groups is 1. The molecule has 1 saturated carbocycles. The van der Waals surface area contributed by atoms with Gasteiger partial charge in [-0.1, -0.05) is 32.0 Å². The molecule has 4 atom stereocenters. The summed E-state index contributed by atoms with van der Waals surface area (Å²) in [5.41, 5.74) is -2.05. The number of rotatable bonds is 4. The largest absolute Gasteiger partial charge is 0.348 e. The van der Waals surface area contributed by atoms with Crippen LogP contribution in [0, 0.1) is 11.8 Å². The zero-order chi connectivity index (χ0) is 20.1. The van der Waals surface area contributed by atoms with E-state index in [0.29, 0.717) is 11.0 Å². The molecule has 1 aliphatic heterocycles. The van der Waals surface area contributed by atoms with E-state index in [-0.39, 0.29) is 17.4 Å². The third-order valence-corrected chi connectivity index (χ3v) is 6.19. The molecular formula is C21H23FN2O4. The lowest BCUT2D eigenvalue weighted by Crippen LogP contribution is -2.45. The lowest BCUT2D eigenvalue weighted by atomic mass is 9.81. The fourth-order valence-corrected chi connectivity index (χ4v) is 4.44. The lowest BCUT2D eigenvalue weighted by molar-refractivity contribution is -0.105. The Morgan fingerprint density at radius 2 is 1.89 bits per heavy atom. The fourth-order valence-electron chi connectivity index (χ4n) is 4.44. The molecule has 0 N–H and O–H groups in total. The number of carbonyl (C=O) groups excluding carboxylic acids is 1. The van der Waals surface area contributed by atoms with Crippen molar-refractivity contribution in [1.29, 1.82) is 0 Å². The van der Waals surface area contributed by atoms with E-state index in [9.17, 15) is 14.4 Å². The van der Waals surface area contributed by atoms with Crippen LogP contribution in [0.1, 0.15) is 49.7 Å². The molecule has 0 unspecified atom stereocenters.